The molecule has 1 aromatic rings. The summed E-state index contributed by atoms with van der Waals surface area (Å²) in [6.07, 6.45) is 2.55. The second-order valence-electron chi connectivity index (χ2n) is 4.30. The van der Waals surface area contributed by atoms with Gasteiger partial charge in [-0.3, -0.25) is 5.43 Å². The Balaban J connectivity index is 2.25. The summed E-state index contributed by atoms with van der Waals surface area (Å²) in [4.78, 5) is 7.39. The topological polar surface area (TPSA) is 135 Å². The highest BCUT2D eigenvalue weighted by Gasteiger charge is 2.29. The molecule has 3 N–H and O–H groups in total. The molecule has 0 aliphatic carbocycles. The van der Waals surface area contributed by atoms with E-state index in [4.69, 9.17) is 5.84 Å². The number of nitrogen functional groups attached to an aromatic ring is 1. The van der Waals surface area contributed by atoms with Crippen molar-refractivity contribution in [2.75, 3.05) is 30.0 Å². The first kappa shape index (κ1) is 15.1. The number of aromatic nitrogens is 2. The maximum atomic E-state index is 12.4. The molecule has 1 aromatic heterocycles. The maximum absolute atomic E-state index is 12.4. The van der Waals surface area contributed by atoms with Crippen LogP contribution in [0.25, 0.3) is 0 Å². The summed E-state index contributed by atoms with van der Waals surface area (Å²) in [6.45, 7) is 0.111. The first-order valence-electron chi connectivity index (χ1n) is 5.84. The Labute approximate surface area is 117 Å². The molecule has 0 atom stereocenters. The highest BCUT2D eigenvalue weighted by molar-refractivity contribution is 7.91. The molecule has 0 radical (unpaired) electrons. The van der Waals surface area contributed by atoms with Crippen LogP contribution in [-0.4, -0.2) is 55.7 Å². The number of sulfonamides is 1. The molecule has 11 heteroatoms. The fraction of sp³-hybridized carbons (Fsp3) is 0.556. The van der Waals surface area contributed by atoms with Crippen molar-refractivity contribution in [3.63, 3.8) is 0 Å². The van der Waals surface area contributed by atoms with Gasteiger partial charge < -0.3 is 0 Å². The summed E-state index contributed by atoms with van der Waals surface area (Å²) in [7, 11) is -6.95. The molecule has 20 heavy (non-hydrogen) atoms. The summed E-state index contributed by atoms with van der Waals surface area (Å²) in [6, 6.07) is 0. The van der Waals surface area contributed by atoms with E-state index in [0.29, 0.717) is 0 Å². The van der Waals surface area contributed by atoms with Crippen molar-refractivity contribution in [2.45, 2.75) is 11.3 Å². The van der Waals surface area contributed by atoms with Gasteiger partial charge >= 0.3 is 0 Å². The van der Waals surface area contributed by atoms with E-state index in [9.17, 15) is 16.8 Å². The zero-order valence-corrected chi connectivity index (χ0v) is 12.2. The van der Waals surface area contributed by atoms with Crippen molar-refractivity contribution >= 4 is 25.8 Å². The Morgan fingerprint density at radius 2 is 1.85 bits per heavy atom. The predicted molar refractivity (Wildman–Crippen MR) is 71.9 cm³/mol. The number of anilines is 1. The maximum Gasteiger partial charge on any atom is 0.246 e. The Morgan fingerprint density at radius 1 is 1.20 bits per heavy atom. The van der Waals surface area contributed by atoms with Crippen LogP contribution >= 0.6 is 0 Å². The molecule has 1 aliphatic heterocycles. The van der Waals surface area contributed by atoms with E-state index < -0.39 is 19.9 Å². The minimum Gasteiger partial charge on any atom is -0.292 e. The van der Waals surface area contributed by atoms with E-state index in [0.717, 1.165) is 16.7 Å². The highest BCUT2D eigenvalue weighted by Crippen LogP contribution is 2.17. The van der Waals surface area contributed by atoms with Crippen molar-refractivity contribution in [3.05, 3.63) is 12.4 Å². The molecule has 1 aliphatic rings. The summed E-state index contributed by atoms with van der Waals surface area (Å²) in [5.41, 5.74) is 2.20. The van der Waals surface area contributed by atoms with Gasteiger partial charge in [0.1, 0.15) is 4.90 Å². The van der Waals surface area contributed by atoms with Crippen molar-refractivity contribution in [1.29, 1.82) is 0 Å². The lowest BCUT2D eigenvalue weighted by atomic mass is 10.5. The molecular formula is C9H15N5O4S2. The van der Waals surface area contributed by atoms with Crippen LogP contribution < -0.4 is 11.3 Å². The molecule has 0 spiro atoms. The number of hydrazine groups is 1. The molecule has 1 saturated heterocycles. The van der Waals surface area contributed by atoms with Gasteiger partial charge in [0.25, 0.3) is 0 Å². The van der Waals surface area contributed by atoms with Crippen molar-refractivity contribution in [1.82, 2.24) is 14.3 Å². The van der Waals surface area contributed by atoms with Gasteiger partial charge in [0.05, 0.1) is 23.9 Å². The van der Waals surface area contributed by atoms with Crippen molar-refractivity contribution in [2.24, 2.45) is 5.84 Å². The summed E-state index contributed by atoms with van der Waals surface area (Å²) in [5, 5.41) is 0. The van der Waals surface area contributed by atoms with Crippen LogP contribution in [0.1, 0.15) is 6.42 Å². The van der Waals surface area contributed by atoms with Crippen LogP contribution in [0.3, 0.4) is 0 Å². The Morgan fingerprint density at radius 3 is 2.45 bits per heavy atom. The minimum absolute atomic E-state index is 0.00551. The molecule has 9 nitrogen and oxygen atoms in total. The number of sulfone groups is 1. The quantitative estimate of drug-likeness (QED) is 0.511. The largest absolute Gasteiger partial charge is 0.292 e. The fourth-order valence-corrected chi connectivity index (χ4v) is 4.59. The summed E-state index contributed by atoms with van der Waals surface area (Å²) >= 11 is 0. The molecule has 0 unspecified atom stereocenters. The normalized spacial score (nSPS) is 20.2. The zero-order chi connectivity index (χ0) is 14.8. The minimum atomic E-state index is -3.79. The van der Waals surface area contributed by atoms with Crippen LogP contribution in [0.15, 0.2) is 17.3 Å². The third-order valence-corrected chi connectivity index (χ3v) is 6.48. The van der Waals surface area contributed by atoms with Crippen LogP contribution in [0, 0.1) is 0 Å². The van der Waals surface area contributed by atoms with Gasteiger partial charge in [-0.1, -0.05) is 0 Å². The molecule has 0 saturated carbocycles. The molecule has 2 rings (SSSR count). The smallest absolute Gasteiger partial charge is 0.246 e. The number of rotatable bonds is 3. The van der Waals surface area contributed by atoms with E-state index in [1.165, 1.54) is 0 Å². The van der Waals surface area contributed by atoms with Gasteiger partial charge in [-0.25, -0.2) is 32.6 Å². The molecule has 0 amide bonds. The van der Waals surface area contributed by atoms with Crippen molar-refractivity contribution < 1.29 is 16.8 Å². The van der Waals surface area contributed by atoms with Crippen LogP contribution in [-0.2, 0) is 19.9 Å². The highest BCUT2D eigenvalue weighted by atomic mass is 32.2. The lowest BCUT2D eigenvalue weighted by Gasteiger charge is -2.18. The number of hydrogen-bond donors (Lipinski definition) is 2. The van der Waals surface area contributed by atoms with E-state index in [-0.39, 0.29) is 41.9 Å². The fourth-order valence-electron chi connectivity index (χ4n) is 1.83. The molecule has 0 aromatic carbocycles. The van der Waals surface area contributed by atoms with Gasteiger partial charge in [0, 0.05) is 13.1 Å². The lowest BCUT2D eigenvalue weighted by Crippen LogP contribution is -2.33. The molecular weight excluding hydrogens is 306 g/mol. The number of hydrogen-bond acceptors (Lipinski definition) is 8. The first-order chi connectivity index (χ1) is 9.35. The van der Waals surface area contributed by atoms with E-state index in [1.807, 2.05) is 0 Å². The van der Waals surface area contributed by atoms with E-state index in [2.05, 4.69) is 15.4 Å². The monoisotopic (exact) mass is 321 g/mol. The Bertz CT molecular complexity index is 671. The van der Waals surface area contributed by atoms with Gasteiger partial charge in [-0.05, 0) is 6.42 Å². The molecule has 2 heterocycles. The average Bonchev–Trinajstić information content (AvgIpc) is 2.60. The van der Waals surface area contributed by atoms with E-state index in [1.54, 1.807) is 0 Å². The molecule has 112 valence electrons. The van der Waals surface area contributed by atoms with Gasteiger partial charge in [-0.2, -0.15) is 4.31 Å². The standard InChI is InChI=1S/C9H15N5O4S2/c10-13-9-11-6-8(7-12-9)20(17,18)14-2-1-4-19(15,16)5-3-14/h6-7H,1-5,10H2,(H,11,12,13). The first-order valence-corrected chi connectivity index (χ1v) is 9.10. The second kappa shape index (κ2) is 5.60. The summed E-state index contributed by atoms with van der Waals surface area (Å²) < 4.78 is 48.8. The Kier molecular flexibility index (Phi) is 4.22. The third-order valence-electron chi connectivity index (χ3n) is 2.91. The lowest BCUT2D eigenvalue weighted by molar-refractivity contribution is 0.434. The van der Waals surface area contributed by atoms with E-state index >= 15 is 0 Å². The number of nitrogens with one attached hydrogen (secondary N) is 1. The SMILES string of the molecule is NNc1ncc(S(=O)(=O)N2CCCS(=O)(=O)CC2)cn1. The second-order valence-corrected chi connectivity index (χ2v) is 8.54. The van der Waals surface area contributed by atoms with Crippen molar-refractivity contribution in [3.8, 4) is 0 Å². The number of nitrogens with zero attached hydrogens (tertiary/aromatic N) is 3. The third kappa shape index (κ3) is 3.23. The predicted octanol–water partition coefficient (Wildman–Crippen LogP) is -1.43. The Hall–Kier alpha value is -1.30. The number of nitrogens with two attached hydrogens (primary N) is 1. The van der Waals surface area contributed by atoms with Gasteiger partial charge in [0.15, 0.2) is 9.84 Å². The van der Waals surface area contributed by atoms with Crippen LogP contribution in [0.5, 0.6) is 0 Å². The van der Waals surface area contributed by atoms with Crippen LogP contribution in [0.2, 0.25) is 0 Å². The van der Waals surface area contributed by atoms with Gasteiger partial charge in [0.2, 0.25) is 16.0 Å². The zero-order valence-electron chi connectivity index (χ0n) is 10.6. The van der Waals surface area contributed by atoms with Gasteiger partial charge in [-0.15, -0.1) is 0 Å². The average molecular weight is 321 g/mol. The summed E-state index contributed by atoms with van der Waals surface area (Å²) in [5.74, 6) is 5.03. The molecule has 1 fully saturated rings. The molecule has 0 bridgehead atoms. The van der Waals surface area contributed by atoms with Crippen LogP contribution in [0.4, 0.5) is 5.95 Å².